The lowest BCUT2D eigenvalue weighted by atomic mass is 9.83. The van der Waals surface area contributed by atoms with E-state index < -0.39 is 0 Å². The zero-order chi connectivity index (χ0) is 11.6. The number of nitrogens with two attached hydrogens (primary N) is 1. The maximum absolute atomic E-state index is 6.07. The van der Waals surface area contributed by atoms with Gasteiger partial charge in [0.15, 0.2) is 0 Å². The Hall–Kier alpha value is -0.120. The van der Waals surface area contributed by atoms with Crippen LogP contribution in [-0.2, 0) is 4.74 Å². The van der Waals surface area contributed by atoms with Crippen LogP contribution in [0.3, 0.4) is 0 Å². The average molecular weight is 226 g/mol. The molecule has 1 aliphatic carbocycles. The molecule has 2 unspecified atom stereocenters. The lowest BCUT2D eigenvalue weighted by Gasteiger charge is -2.47. The van der Waals surface area contributed by atoms with E-state index in [1.54, 1.807) is 0 Å². The fraction of sp³-hybridized carbons (Fsp3) is 1.00. The highest BCUT2D eigenvalue weighted by molar-refractivity contribution is 5.00. The quantitative estimate of drug-likeness (QED) is 0.776. The molecule has 3 heteroatoms. The molecule has 1 heterocycles. The number of nitrogens with zero attached hydrogens (tertiary/aromatic N) is 1. The molecule has 0 aromatic heterocycles. The van der Waals surface area contributed by atoms with Crippen molar-refractivity contribution in [3.05, 3.63) is 0 Å². The van der Waals surface area contributed by atoms with E-state index in [0.717, 1.165) is 32.0 Å². The van der Waals surface area contributed by atoms with Crippen molar-refractivity contribution in [2.75, 3.05) is 20.2 Å². The molecule has 1 aliphatic heterocycles. The van der Waals surface area contributed by atoms with Crippen LogP contribution in [0.4, 0.5) is 0 Å². The Kier molecular flexibility index (Phi) is 3.88. The standard InChI is InChI=1S/C13H26N2O/c1-3-4-12-9-13(10-14,7-8-16-12)15(2)11-5-6-11/h11-12H,3-10,14H2,1-2H3. The highest BCUT2D eigenvalue weighted by Crippen LogP contribution is 2.38. The number of hydrogen-bond donors (Lipinski definition) is 1. The zero-order valence-electron chi connectivity index (χ0n) is 10.7. The molecule has 2 aliphatic rings. The van der Waals surface area contributed by atoms with Crippen LogP contribution in [0.1, 0.15) is 45.4 Å². The first-order valence-electron chi connectivity index (χ1n) is 6.76. The molecule has 94 valence electrons. The van der Waals surface area contributed by atoms with Crippen LogP contribution in [0.5, 0.6) is 0 Å². The number of hydrogen-bond acceptors (Lipinski definition) is 3. The van der Waals surface area contributed by atoms with Gasteiger partial charge < -0.3 is 10.5 Å². The fourth-order valence-corrected chi connectivity index (χ4v) is 3.01. The molecule has 2 rings (SSSR count). The van der Waals surface area contributed by atoms with Crippen LogP contribution < -0.4 is 5.73 Å². The first-order chi connectivity index (χ1) is 7.72. The normalized spacial score (nSPS) is 35.6. The van der Waals surface area contributed by atoms with Gasteiger partial charge in [0.1, 0.15) is 0 Å². The molecular weight excluding hydrogens is 200 g/mol. The van der Waals surface area contributed by atoms with Crippen molar-refractivity contribution in [1.82, 2.24) is 4.90 Å². The Morgan fingerprint density at radius 2 is 2.19 bits per heavy atom. The molecule has 0 radical (unpaired) electrons. The van der Waals surface area contributed by atoms with Crippen LogP contribution in [0.15, 0.2) is 0 Å². The van der Waals surface area contributed by atoms with Gasteiger partial charge in [0.05, 0.1) is 6.10 Å². The van der Waals surface area contributed by atoms with Crippen molar-refractivity contribution in [2.45, 2.75) is 63.1 Å². The van der Waals surface area contributed by atoms with Gasteiger partial charge in [-0.3, -0.25) is 4.90 Å². The van der Waals surface area contributed by atoms with Crippen molar-refractivity contribution in [2.24, 2.45) is 5.73 Å². The van der Waals surface area contributed by atoms with E-state index in [9.17, 15) is 0 Å². The van der Waals surface area contributed by atoms with Crippen molar-refractivity contribution in [3.8, 4) is 0 Å². The van der Waals surface area contributed by atoms with Crippen molar-refractivity contribution >= 4 is 0 Å². The second kappa shape index (κ2) is 5.03. The molecule has 0 spiro atoms. The molecule has 0 amide bonds. The smallest absolute Gasteiger partial charge is 0.0593 e. The van der Waals surface area contributed by atoms with Gasteiger partial charge in [-0.05, 0) is 39.2 Å². The van der Waals surface area contributed by atoms with Gasteiger partial charge in [-0.1, -0.05) is 13.3 Å². The summed E-state index contributed by atoms with van der Waals surface area (Å²) in [5, 5.41) is 0. The monoisotopic (exact) mass is 226 g/mol. The third kappa shape index (κ3) is 2.41. The Bertz CT molecular complexity index is 228. The van der Waals surface area contributed by atoms with Gasteiger partial charge in [0, 0.05) is 24.7 Å². The van der Waals surface area contributed by atoms with Crippen LogP contribution in [0.2, 0.25) is 0 Å². The summed E-state index contributed by atoms with van der Waals surface area (Å²) in [5.74, 6) is 0. The molecule has 2 N–H and O–H groups in total. The summed E-state index contributed by atoms with van der Waals surface area (Å²) in [6.07, 6.45) is 7.78. The maximum atomic E-state index is 6.07. The highest BCUT2D eigenvalue weighted by Gasteiger charge is 2.44. The Morgan fingerprint density at radius 3 is 2.75 bits per heavy atom. The van der Waals surface area contributed by atoms with E-state index in [0.29, 0.717) is 6.10 Å². The van der Waals surface area contributed by atoms with E-state index in [1.165, 1.54) is 25.7 Å². The number of rotatable bonds is 5. The predicted molar refractivity (Wildman–Crippen MR) is 66.5 cm³/mol. The van der Waals surface area contributed by atoms with Crippen LogP contribution in [0, 0.1) is 0 Å². The Morgan fingerprint density at radius 1 is 1.44 bits per heavy atom. The molecule has 2 atom stereocenters. The van der Waals surface area contributed by atoms with Gasteiger partial charge in [0.25, 0.3) is 0 Å². The lowest BCUT2D eigenvalue weighted by molar-refractivity contribution is -0.0690. The highest BCUT2D eigenvalue weighted by atomic mass is 16.5. The molecule has 16 heavy (non-hydrogen) atoms. The van der Waals surface area contributed by atoms with E-state index in [-0.39, 0.29) is 5.54 Å². The van der Waals surface area contributed by atoms with Crippen LogP contribution in [0.25, 0.3) is 0 Å². The number of ether oxygens (including phenoxy) is 1. The zero-order valence-corrected chi connectivity index (χ0v) is 10.7. The molecule has 3 nitrogen and oxygen atoms in total. The first kappa shape index (κ1) is 12.3. The van der Waals surface area contributed by atoms with Crippen molar-refractivity contribution in [3.63, 3.8) is 0 Å². The van der Waals surface area contributed by atoms with Gasteiger partial charge in [-0.2, -0.15) is 0 Å². The molecular formula is C13H26N2O. The number of likely N-dealkylation sites (N-methyl/N-ethyl adjacent to an activating group) is 1. The average Bonchev–Trinajstić information content (AvgIpc) is 3.12. The summed E-state index contributed by atoms with van der Waals surface area (Å²) < 4.78 is 5.84. The summed E-state index contributed by atoms with van der Waals surface area (Å²) >= 11 is 0. The second-order valence-corrected chi connectivity index (χ2v) is 5.51. The molecule has 2 fully saturated rings. The van der Waals surface area contributed by atoms with Gasteiger partial charge in [-0.25, -0.2) is 0 Å². The van der Waals surface area contributed by atoms with Crippen LogP contribution in [-0.4, -0.2) is 42.8 Å². The van der Waals surface area contributed by atoms with E-state index in [1.807, 2.05) is 0 Å². The van der Waals surface area contributed by atoms with Gasteiger partial charge in [0.2, 0.25) is 0 Å². The largest absolute Gasteiger partial charge is 0.378 e. The minimum absolute atomic E-state index is 0.221. The molecule has 0 bridgehead atoms. The Labute approximate surface area is 99.3 Å². The van der Waals surface area contributed by atoms with Gasteiger partial charge in [-0.15, -0.1) is 0 Å². The molecule has 1 saturated heterocycles. The fourth-order valence-electron chi connectivity index (χ4n) is 3.01. The summed E-state index contributed by atoms with van der Waals surface area (Å²) in [7, 11) is 2.26. The van der Waals surface area contributed by atoms with Crippen LogP contribution >= 0.6 is 0 Å². The minimum Gasteiger partial charge on any atom is -0.378 e. The summed E-state index contributed by atoms with van der Waals surface area (Å²) in [5.41, 5.74) is 6.29. The molecule has 1 saturated carbocycles. The Balaban J connectivity index is 2.00. The molecule has 0 aromatic rings. The SMILES string of the molecule is CCCC1CC(CN)(N(C)C2CC2)CCO1. The second-order valence-electron chi connectivity index (χ2n) is 5.51. The van der Waals surface area contributed by atoms with E-state index in [4.69, 9.17) is 10.5 Å². The minimum atomic E-state index is 0.221. The maximum Gasteiger partial charge on any atom is 0.0593 e. The van der Waals surface area contributed by atoms with E-state index >= 15 is 0 Å². The van der Waals surface area contributed by atoms with Gasteiger partial charge >= 0.3 is 0 Å². The summed E-state index contributed by atoms with van der Waals surface area (Å²) in [6.45, 7) is 3.90. The van der Waals surface area contributed by atoms with Crippen molar-refractivity contribution < 1.29 is 4.74 Å². The summed E-state index contributed by atoms with van der Waals surface area (Å²) in [4.78, 5) is 2.55. The lowest BCUT2D eigenvalue weighted by Crippen LogP contribution is -2.57. The summed E-state index contributed by atoms with van der Waals surface area (Å²) in [6, 6.07) is 0.795. The third-order valence-corrected chi connectivity index (χ3v) is 4.36. The third-order valence-electron chi connectivity index (χ3n) is 4.36. The van der Waals surface area contributed by atoms with E-state index in [2.05, 4.69) is 18.9 Å². The molecule has 0 aromatic carbocycles. The topological polar surface area (TPSA) is 38.5 Å². The first-order valence-corrected chi connectivity index (χ1v) is 6.76. The van der Waals surface area contributed by atoms with Crippen molar-refractivity contribution in [1.29, 1.82) is 0 Å². The predicted octanol–water partition coefficient (Wildman–Crippen LogP) is 1.76.